The second-order valence-electron chi connectivity index (χ2n) is 4.06. The topological polar surface area (TPSA) is 93.5 Å². The summed E-state index contributed by atoms with van der Waals surface area (Å²) in [4.78, 5) is 11.0. The van der Waals surface area contributed by atoms with Crippen molar-refractivity contribution < 1.29 is 17.9 Å². The quantitative estimate of drug-likeness (QED) is 0.737. The number of esters is 1. The number of nitrogens with zero attached hydrogens (tertiary/aromatic N) is 3. The van der Waals surface area contributed by atoms with E-state index < -0.39 is 16.2 Å². The maximum atomic E-state index is 12.0. The molecule has 0 spiro atoms. The van der Waals surface area contributed by atoms with E-state index in [0.29, 0.717) is 11.4 Å². The summed E-state index contributed by atoms with van der Waals surface area (Å²) in [5.74, 6) is -0.459. The van der Waals surface area contributed by atoms with Gasteiger partial charge in [0.05, 0.1) is 24.9 Å². The van der Waals surface area contributed by atoms with Crippen molar-refractivity contribution in [2.45, 2.75) is 13.3 Å². The van der Waals surface area contributed by atoms with Gasteiger partial charge >= 0.3 is 16.2 Å². The minimum absolute atomic E-state index is 0.0000676. The lowest BCUT2D eigenvalue weighted by Crippen LogP contribution is -2.34. The highest BCUT2D eigenvalue weighted by Gasteiger charge is 2.20. The Morgan fingerprint density at radius 1 is 1.58 bits per heavy atom. The zero-order valence-electron chi connectivity index (χ0n) is 11.4. The monoisotopic (exact) mass is 290 g/mol. The van der Waals surface area contributed by atoms with Crippen LogP contribution in [-0.4, -0.2) is 49.2 Å². The van der Waals surface area contributed by atoms with Gasteiger partial charge in [-0.15, -0.1) is 0 Å². The highest BCUT2D eigenvalue weighted by molar-refractivity contribution is 7.90. The third kappa shape index (κ3) is 4.21. The molecule has 0 aliphatic heterocycles. The van der Waals surface area contributed by atoms with Gasteiger partial charge in [0.1, 0.15) is 0 Å². The molecule has 1 heterocycles. The van der Waals surface area contributed by atoms with Crippen molar-refractivity contribution in [2.24, 2.45) is 7.05 Å². The van der Waals surface area contributed by atoms with Gasteiger partial charge in [0.25, 0.3) is 0 Å². The number of aromatic nitrogens is 2. The molecule has 0 amide bonds. The van der Waals surface area contributed by atoms with Gasteiger partial charge in [0, 0.05) is 26.8 Å². The van der Waals surface area contributed by atoms with E-state index in [1.165, 1.54) is 18.8 Å². The first kappa shape index (κ1) is 15.4. The number of carbonyl (C=O) groups excluding carboxylic acids is 1. The minimum Gasteiger partial charge on any atom is -0.469 e. The Kier molecular flexibility index (Phi) is 4.90. The van der Waals surface area contributed by atoms with Crippen molar-refractivity contribution >= 4 is 21.9 Å². The van der Waals surface area contributed by atoms with Gasteiger partial charge in [-0.25, -0.2) is 0 Å². The zero-order valence-corrected chi connectivity index (χ0v) is 12.2. The maximum Gasteiger partial charge on any atom is 0.306 e. The first-order valence-electron chi connectivity index (χ1n) is 5.57. The number of aryl methyl sites for hydroxylation is 2. The molecule has 0 aromatic carbocycles. The molecule has 1 aromatic rings. The fraction of sp³-hybridized carbons (Fsp3) is 0.600. The van der Waals surface area contributed by atoms with Crippen LogP contribution in [0.4, 0.5) is 5.69 Å². The minimum atomic E-state index is -3.70. The summed E-state index contributed by atoms with van der Waals surface area (Å²) in [6.45, 7) is 1.74. The Hall–Kier alpha value is -1.61. The number of hydrogen-bond donors (Lipinski definition) is 1. The van der Waals surface area contributed by atoms with Gasteiger partial charge in [-0.05, 0) is 6.92 Å². The molecule has 108 valence electrons. The molecule has 19 heavy (non-hydrogen) atoms. The fourth-order valence-corrected chi connectivity index (χ4v) is 2.35. The van der Waals surface area contributed by atoms with E-state index >= 15 is 0 Å². The number of carbonyl (C=O) groups is 1. The molecule has 1 aromatic heterocycles. The Labute approximate surface area is 112 Å². The summed E-state index contributed by atoms with van der Waals surface area (Å²) in [5.41, 5.74) is 0.986. The lowest BCUT2D eigenvalue weighted by atomic mass is 10.4. The van der Waals surface area contributed by atoms with Crippen LogP contribution in [0.5, 0.6) is 0 Å². The lowest BCUT2D eigenvalue weighted by molar-refractivity contribution is -0.140. The summed E-state index contributed by atoms with van der Waals surface area (Å²) in [6.07, 6.45) is 1.57. The fourth-order valence-electron chi connectivity index (χ4n) is 1.39. The van der Waals surface area contributed by atoms with Crippen LogP contribution in [0, 0.1) is 6.92 Å². The predicted octanol–water partition coefficient (Wildman–Crippen LogP) is -0.120. The molecular formula is C10H18N4O4S. The Balaban J connectivity index is 2.70. The summed E-state index contributed by atoms with van der Waals surface area (Å²) in [6, 6.07) is 0. The Morgan fingerprint density at radius 2 is 2.21 bits per heavy atom. The molecule has 0 radical (unpaired) electrons. The van der Waals surface area contributed by atoms with Crippen molar-refractivity contribution in [3.63, 3.8) is 0 Å². The number of rotatable bonds is 6. The van der Waals surface area contributed by atoms with E-state index in [1.54, 1.807) is 20.2 Å². The van der Waals surface area contributed by atoms with Crippen molar-refractivity contribution in [3.05, 3.63) is 11.9 Å². The highest BCUT2D eigenvalue weighted by Crippen LogP contribution is 2.14. The average molecular weight is 290 g/mol. The van der Waals surface area contributed by atoms with E-state index in [-0.39, 0.29) is 13.0 Å². The Morgan fingerprint density at radius 3 is 2.68 bits per heavy atom. The zero-order chi connectivity index (χ0) is 14.6. The standard InChI is InChI=1S/C10H18N4O4S/c1-8-9(7-13(2)11-8)12-19(16,17)14(3)6-5-10(15)18-4/h7,12H,5-6H2,1-4H3. The van der Waals surface area contributed by atoms with Crippen LogP contribution in [0.2, 0.25) is 0 Å². The van der Waals surface area contributed by atoms with Gasteiger partial charge < -0.3 is 4.74 Å². The molecule has 1 rings (SSSR count). The first-order valence-corrected chi connectivity index (χ1v) is 7.01. The van der Waals surface area contributed by atoms with Crippen LogP contribution in [-0.2, 0) is 26.8 Å². The largest absolute Gasteiger partial charge is 0.469 e. The average Bonchev–Trinajstić information content (AvgIpc) is 2.63. The number of hydrogen-bond acceptors (Lipinski definition) is 5. The molecule has 0 aliphatic carbocycles. The molecule has 0 fully saturated rings. The van der Waals surface area contributed by atoms with Crippen LogP contribution in [0.15, 0.2) is 6.20 Å². The number of methoxy groups -OCH3 is 1. The molecule has 0 saturated carbocycles. The summed E-state index contributed by atoms with van der Waals surface area (Å²) in [7, 11) is 0.640. The van der Waals surface area contributed by atoms with Crippen LogP contribution >= 0.6 is 0 Å². The van der Waals surface area contributed by atoms with E-state index in [0.717, 1.165) is 4.31 Å². The first-order chi connectivity index (χ1) is 8.76. The van der Waals surface area contributed by atoms with Gasteiger partial charge in [0.2, 0.25) is 0 Å². The van der Waals surface area contributed by atoms with Gasteiger partial charge in [0.15, 0.2) is 0 Å². The second kappa shape index (κ2) is 6.02. The van der Waals surface area contributed by atoms with E-state index in [4.69, 9.17) is 0 Å². The van der Waals surface area contributed by atoms with Crippen molar-refractivity contribution in [1.82, 2.24) is 14.1 Å². The molecule has 0 unspecified atom stereocenters. The van der Waals surface area contributed by atoms with Gasteiger partial charge in [-0.2, -0.15) is 17.8 Å². The molecular weight excluding hydrogens is 272 g/mol. The molecule has 8 nitrogen and oxygen atoms in total. The third-order valence-electron chi connectivity index (χ3n) is 2.52. The second-order valence-corrected chi connectivity index (χ2v) is 5.83. The van der Waals surface area contributed by atoms with E-state index in [1.807, 2.05) is 0 Å². The van der Waals surface area contributed by atoms with E-state index in [2.05, 4.69) is 14.6 Å². The normalized spacial score (nSPS) is 11.6. The van der Waals surface area contributed by atoms with Crippen molar-refractivity contribution in [2.75, 3.05) is 25.4 Å². The molecule has 0 atom stereocenters. The summed E-state index contributed by atoms with van der Waals surface area (Å²) < 4.78 is 33.4. The summed E-state index contributed by atoms with van der Waals surface area (Å²) >= 11 is 0. The highest BCUT2D eigenvalue weighted by atomic mass is 32.2. The van der Waals surface area contributed by atoms with Gasteiger partial charge in [-0.1, -0.05) is 0 Å². The van der Waals surface area contributed by atoms with Crippen LogP contribution < -0.4 is 4.72 Å². The smallest absolute Gasteiger partial charge is 0.306 e. The van der Waals surface area contributed by atoms with Crippen LogP contribution in [0.1, 0.15) is 12.1 Å². The Bertz CT molecular complexity index is 552. The van der Waals surface area contributed by atoms with Crippen molar-refractivity contribution in [3.8, 4) is 0 Å². The maximum absolute atomic E-state index is 12.0. The molecule has 0 aliphatic rings. The molecule has 0 bridgehead atoms. The predicted molar refractivity (Wildman–Crippen MR) is 69.8 cm³/mol. The molecule has 0 saturated heterocycles. The molecule has 9 heteroatoms. The van der Waals surface area contributed by atoms with Crippen LogP contribution in [0.3, 0.4) is 0 Å². The van der Waals surface area contributed by atoms with E-state index in [9.17, 15) is 13.2 Å². The van der Waals surface area contributed by atoms with Crippen molar-refractivity contribution in [1.29, 1.82) is 0 Å². The lowest BCUT2D eigenvalue weighted by Gasteiger charge is -2.17. The summed E-state index contributed by atoms with van der Waals surface area (Å²) in [5, 5.41) is 4.04. The SMILES string of the molecule is COC(=O)CCN(C)S(=O)(=O)Nc1cn(C)nc1C. The number of anilines is 1. The van der Waals surface area contributed by atoms with Gasteiger partial charge in [-0.3, -0.25) is 14.2 Å². The number of nitrogens with one attached hydrogen (secondary N) is 1. The molecule has 1 N–H and O–H groups in total. The third-order valence-corrected chi connectivity index (χ3v) is 4.00. The number of ether oxygens (including phenoxy) is 1. The van der Waals surface area contributed by atoms with Crippen LogP contribution in [0.25, 0.3) is 0 Å².